The van der Waals surface area contributed by atoms with Gasteiger partial charge in [-0.1, -0.05) is 0 Å². The Hall–Kier alpha value is -2.74. The molecule has 0 aromatic heterocycles. The summed E-state index contributed by atoms with van der Waals surface area (Å²) in [5, 5.41) is 0. The second-order valence-electron chi connectivity index (χ2n) is 10.7. The van der Waals surface area contributed by atoms with Gasteiger partial charge in [0.1, 0.15) is 0 Å². The molecule has 0 amide bonds. The standard InChI is InChI=1S/C19H13.2C6H5.C5H5.2ClH.H2Si.Zr/c1-2-6-14(7-3-1)15-10-11-19-17(12-15)13-16-8-4-5-9-18(16)19;2*1-2-4-6-5-3-1;1-2-4-5-3-1;;;;/h1-11H,13H2;2*1-5H;1-3H,4H2;2*1H;1H2;. The third-order valence-corrected chi connectivity index (χ3v) is 34.9. The first-order valence-electron chi connectivity index (χ1n) is 13.5. The molecule has 0 aliphatic heterocycles. The van der Waals surface area contributed by atoms with Crippen LogP contribution in [-0.2, 0) is 23.8 Å². The SMILES string of the molecule is Cl.Cl.[SiH2]=[Zr]([C]1=CC=CC1)([c]1ccccc1)([c]1ccccc1)[c]1c(-c2ccccc2)ccc2c1Cc1ccccc1-2. The van der Waals surface area contributed by atoms with E-state index in [1.54, 1.807) is 6.55 Å². The van der Waals surface area contributed by atoms with Gasteiger partial charge in [-0.05, 0) is 0 Å². The van der Waals surface area contributed by atoms with Crippen molar-refractivity contribution in [2.24, 2.45) is 0 Å². The van der Waals surface area contributed by atoms with Crippen molar-refractivity contribution in [2.45, 2.75) is 12.8 Å². The van der Waals surface area contributed by atoms with Crippen LogP contribution in [0.2, 0.25) is 0 Å². The van der Waals surface area contributed by atoms with Crippen molar-refractivity contribution < 1.29 is 17.4 Å². The van der Waals surface area contributed by atoms with Gasteiger partial charge in [0.2, 0.25) is 0 Å². The van der Waals surface area contributed by atoms with Crippen molar-refractivity contribution >= 4 is 41.5 Å². The fraction of sp³-hybridized carbons (Fsp3) is 0.0556. The van der Waals surface area contributed by atoms with Gasteiger partial charge in [0.25, 0.3) is 0 Å². The van der Waals surface area contributed by atoms with Crippen LogP contribution in [0.1, 0.15) is 17.5 Å². The number of halogens is 2. The Bertz CT molecular complexity index is 1760. The molecule has 0 nitrogen and oxygen atoms in total. The van der Waals surface area contributed by atoms with Crippen LogP contribution in [0.4, 0.5) is 0 Å². The van der Waals surface area contributed by atoms with Crippen molar-refractivity contribution in [2.75, 3.05) is 0 Å². The second-order valence-corrected chi connectivity index (χ2v) is 31.9. The van der Waals surface area contributed by atoms with Crippen LogP contribution in [0.25, 0.3) is 22.3 Å². The molecule has 0 bridgehead atoms. The molecular formula is C36H32Cl2SiZr. The van der Waals surface area contributed by atoms with Crippen molar-refractivity contribution in [3.05, 3.63) is 160 Å². The third-order valence-electron chi connectivity index (χ3n) is 8.93. The first-order valence-corrected chi connectivity index (χ1v) is 24.3. The van der Waals surface area contributed by atoms with Crippen molar-refractivity contribution in [1.82, 2.24) is 0 Å². The van der Waals surface area contributed by atoms with Crippen LogP contribution in [0.3, 0.4) is 0 Å². The number of allylic oxidation sites excluding steroid dienone is 4. The minimum atomic E-state index is -4.46. The van der Waals surface area contributed by atoms with E-state index in [1.165, 1.54) is 39.9 Å². The predicted molar refractivity (Wildman–Crippen MR) is 177 cm³/mol. The Morgan fingerprint density at radius 2 is 1.10 bits per heavy atom. The predicted octanol–water partition coefficient (Wildman–Crippen LogP) is 7.13. The van der Waals surface area contributed by atoms with Crippen LogP contribution in [0.15, 0.2) is 149 Å². The van der Waals surface area contributed by atoms with Crippen LogP contribution < -0.4 is 9.81 Å². The molecule has 198 valence electrons. The minimum absolute atomic E-state index is 0. The van der Waals surface area contributed by atoms with E-state index in [0.717, 1.165) is 12.8 Å². The Balaban J connectivity index is 0.00000161. The van der Waals surface area contributed by atoms with Crippen molar-refractivity contribution in [3.63, 3.8) is 0 Å². The van der Waals surface area contributed by atoms with E-state index in [2.05, 4.69) is 153 Å². The summed E-state index contributed by atoms with van der Waals surface area (Å²) < 4.78 is 6.30. The zero-order valence-corrected chi connectivity index (χ0v) is 27.8. The molecule has 2 aliphatic carbocycles. The number of benzene rings is 5. The van der Waals surface area contributed by atoms with E-state index in [4.69, 9.17) is 0 Å². The van der Waals surface area contributed by atoms with Crippen LogP contribution in [0, 0.1) is 0 Å². The first-order chi connectivity index (χ1) is 18.7. The van der Waals surface area contributed by atoms with Crippen LogP contribution in [-0.4, -0.2) is 6.88 Å². The molecule has 5 aromatic carbocycles. The number of hydrogen-bond donors (Lipinski definition) is 0. The molecule has 0 N–H and O–H groups in total. The van der Waals surface area contributed by atoms with E-state index in [1.807, 2.05) is 0 Å². The Morgan fingerprint density at radius 1 is 0.550 bits per heavy atom. The second kappa shape index (κ2) is 11.3. The molecular weight excluding hydrogens is 623 g/mol. The average Bonchev–Trinajstić information content (AvgIpc) is 3.67. The zero-order valence-electron chi connectivity index (χ0n) is 22.3. The Labute approximate surface area is 252 Å². The summed E-state index contributed by atoms with van der Waals surface area (Å²) in [4.78, 5) is 0. The fourth-order valence-corrected chi connectivity index (χ4v) is 30.0. The summed E-state index contributed by atoms with van der Waals surface area (Å²) in [5.74, 6) is 0. The topological polar surface area (TPSA) is 0 Å². The molecule has 40 heavy (non-hydrogen) atoms. The first kappa shape index (κ1) is 28.8. The molecule has 0 saturated carbocycles. The summed E-state index contributed by atoms with van der Waals surface area (Å²) in [7, 11) is 0. The summed E-state index contributed by atoms with van der Waals surface area (Å²) in [6.45, 7) is 2.38. The summed E-state index contributed by atoms with van der Waals surface area (Å²) in [6, 6.07) is 48.0. The quantitative estimate of drug-likeness (QED) is 0.174. The Kier molecular flexibility index (Phi) is 8.10. The number of hydrogen-bond acceptors (Lipinski definition) is 0. The number of rotatable bonds is 5. The molecule has 0 unspecified atom stereocenters. The van der Waals surface area contributed by atoms with Gasteiger partial charge in [-0.3, -0.25) is 0 Å². The molecule has 5 aromatic rings. The van der Waals surface area contributed by atoms with Gasteiger partial charge in [-0.15, -0.1) is 24.8 Å². The summed E-state index contributed by atoms with van der Waals surface area (Å²) in [5.41, 5.74) is 8.51. The fourth-order valence-electron chi connectivity index (χ4n) is 7.16. The molecule has 4 heteroatoms. The molecule has 0 atom stereocenters. The number of fused-ring (bicyclic) bond motifs is 3. The van der Waals surface area contributed by atoms with E-state index in [0.29, 0.717) is 0 Å². The molecule has 0 saturated heterocycles. The maximum atomic E-state index is 2.47. The van der Waals surface area contributed by atoms with Crippen molar-refractivity contribution in [1.29, 1.82) is 0 Å². The molecule has 0 fully saturated rings. The Morgan fingerprint density at radius 3 is 1.70 bits per heavy atom. The maximum absolute atomic E-state index is 4.46. The van der Waals surface area contributed by atoms with Gasteiger partial charge in [-0.2, -0.15) is 0 Å². The van der Waals surface area contributed by atoms with Gasteiger partial charge in [0, 0.05) is 0 Å². The normalized spacial score (nSPS) is 13.5. The van der Waals surface area contributed by atoms with E-state index in [9.17, 15) is 0 Å². The molecule has 0 heterocycles. The van der Waals surface area contributed by atoms with Gasteiger partial charge < -0.3 is 0 Å². The summed E-state index contributed by atoms with van der Waals surface area (Å²) >= 11 is -4.46. The molecule has 2 aliphatic rings. The zero-order chi connectivity index (χ0) is 25.6. The van der Waals surface area contributed by atoms with E-state index >= 15 is 0 Å². The van der Waals surface area contributed by atoms with Gasteiger partial charge in [0.15, 0.2) is 0 Å². The van der Waals surface area contributed by atoms with Crippen LogP contribution in [0.5, 0.6) is 0 Å². The van der Waals surface area contributed by atoms with Gasteiger partial charge in [0.05, 0.1) is 0 Å². The molecule has 0 radical (unpaired) electrons. The third kappa shape index (κ3) is 4.12. The molecule has 7 rings (SSSR count). The van der Waals surface area contributed by atoms with E-state index < -0.39 is 17.4 Å². The van der Waals surface area contributed by atoms with Gasteiger partial charge in [-0.25, -0.2) is 0 Å². The molecule has 0 spiro atoms. The van der Waals surface area contributed by atoms with Crippen molar-refractivity contribution in [3.8, 4) is 22.3 Å². The monoisotopic (exact) mass is 652 g/mol. The van der Waals surface area contributed by atoms with E-state index in [-0.39, 0.29) is 24.8 Å². The average molecular weight is 655 g/mol. The summed E-state index contributed by atoms with van der Waals surface area (Å²) in [6.07, 6.45) is 9.13. The van der Waals surface area contributed by atoms with Crippen LogP contribution >= 0.6 is 24.8 Å². The van der Waals surface area contributed by atoms with Gasteiger partial charge >= 0.3 is 229 Å².